The van der Waals surface area contributed by atoms with E-state index in [0.29, 0.717) is 0 Å². The average molecular weight is 719 g/mol. The summed E-state index contributed by atoms with van der Waals surface area (Å²) >= 11 is 0. The van der Waals surface area contributed by atoms with Gasteiger partial charge in [0, 0.05) is 0 Å². The van der Waals surface area contributed by atoms with Crippen LogP contribution in [0.2, 0.25) is 0 Å². The minimum atomic E-state index is -2.67. The van der Waals surface area contributed by atoms with Crippen LogP contribution in [0, 0.1) is 0 Å². The molecule has 44 heavy (non-hydrogen) atoms. The molecule has 0 aliphatic heterocycles. The standard InChI is InChI=1S/7BH3O3.BHO3.2Na.10H2O/c8*2-1(3)4;;;;;;;;;;;;/h7*2-4H;2H;;;10*1H2/q;;;;;;;-2;2*+1;;;;;;;;;;. The van der Waals surface area contributed by atoms with E-state index in [2.05, 4.69) is 0 Å². The Morgan fingerprint density at radius 1 is 0.205 bits per heavy atom. The molecule has 0 saturated carbocycles. The summed E-state index contributed by atoms with van der Waals surface area (Å²) in [6, 6.07) is 0. The fraction of sp³-hybridized carbons (Fsp3) is 0. The summed E-state index contributed by atoms with van der Waals surface area (Å²) in [5.74, 6) is 0. The van der Waals surface area contributed by atoms with Crippen molar-refractivity contribution in [2.75, 3.05) is 0 Å². The van der Waals surface area contributed by atoms with Crippen LogP contribution in [0.3, 0.4) is 0 Å². The van der Waals surface area contributed by atoms with Gasteiger partial charge in [-0.25, -0.2) is 0 Å². The van der Waals surface area contributed by atoms with Gasteiger partial charge in [-0.05, 0) is 0 Å². The molecular formula is H42B8Na2O34. The Bertz CT molecular complexity index is 151. The van der Waals surface area contributed by atoms with Crippen LogP contribution in [0.15, 0.2) is 0 Å². The Labute approximate surface area is 292 Å². The molecule has 0 aromatic rings. The van der Waals surface area contributed by atoms with Crippen LogP contribution >= 0.6 is 0 Å². The third kappa shape index (κ3) is 57100. The molecule has 0 radical (unpaired) electrons. The van der Waals surface area contributed by atoms with Crippen LogP contribution in [0.1, 0.15) is 0 Å². The number of hydrogen-bond donors (Lipinski definition) is 22. The van der Waals surface area contributed by atoms with Crippen molar-refractivity contribution in [1.29, 1.82) is 0 Å². The first-order chi connectivity index (χ1) is 13.9. The second-order valence-electron chi connectivity index (χ2n) is 2.73. The molecule has 0 rings (SSSR count). The van der Waals surface area contributed by atoms with Crippen LogP contribution in [-0.2, 0) is 0 Å². The normalized spacial score (nSPS) is 4.91. The van der Waals surface area contributed by atoms with Crippen molar-refractivity contribution in [1.82, 2.24) is 0 Å². The second kappa shape index (κ2) is 130. The molecule has 0 amide bonds. The van der Waals surface area contributed by atoms with Gasteiger partial charge >= 0.3 is 110 Å². The molecule has 0 aromatic carbocycles. The molecule has 0 atom stereocenters. The van der Waals surface area contributed by atoms with E-state index in [1.54, 1.807) is 0 Å². The molecule has 0 spiro atoms. The van der Waals surface area contributed by atoms with Gasteiger partial charge in [0.1, 0.15) is 0 Å². The molecule has 0 bridgehead atoms. The third-order valence-electron chi connectivity index (χ3n) is 0. The summed E-state index contributed by atoms with van der Waals surface area (Å²) in [5, 5.41) is 174. The summed E-state index contributed by atoms with van der Waals surface area (Å²) in [6.45, 7) is 0. The fourth-order valence-electron chi connectivity index (χ4n) is 0. The van der Waals surface area contributed by atoms with E-state index in [9.17, 15) is 0 Å². The first kappa shape index (κ1) is 139. The van der Waals surface area contributed by atoms with Crippen molar-refractivity contribution in [3.63, 3.8) is 0 Å². The first-order valence-corrected chi connectivity index (χ1v) is 6.15. The van der Waals surface area contributed by atoms with Gasteiger partial charge in [0.2, 0.25) is 0 Å². The summed E-state index contributed by atoms with van der Waals surface area (Å²) in [6.07, 6.45) is 0. The Kier molecular flexibility index (Phi) is 411. The van der Waals surface area contributed by atoms with Gasteiger partial charge in [0.05, 0.1) is 7.32 Å². The van der Waals surface area contributed by atoms with Gasteiger partial charge in [-0.15, -0.1) is 0 Å². The molecule has 0 saturated heterocycles. The quantitative estimate of drug-likeness (QED) is 0.103. The Morgan fingerprint density at radius 3 is 0.205 bits per heavy atom. The zero-order valence-corrected chi connectivity index (χ0v) is 26.3. The summed E-state index contributed by atoms with van der Waals surface area (Å²) in [4.78, 5) is 0. The van der Waals surface area contributed by atoms with E-state index in [4.69, 9.17) is 121 Å². The number of hydrogen-bond acceptors (Lipinski definition) is 24. The maximum atomic E-state index is 8.53. The topological polar surface area (TPSA) is 806 Å². The van der Waals surface area contributed by atoms with Crippen molar-refractivity contribution in [3.05, 3.63) is 0 Å². The van der Waals surface area contributed by atoms with Gasteiger partial charge in [-0.2, -0.15) is 0 Å². The van der Waals surface area contributed by atoms with E-state index in [-0.39, 0.29) is 114 Å². The van der Waals surface area contributed by atoms with Crippen molar-refractivity contribution < 1.29 is 234 Å². The predicted octanol–water partition coefficient (Wildman–Crippen LogP) is -31.9. The Hall–Kier alpha value is 1.16. The van der Waals surface area contributed by atoms with Gasteiger partial charge in [0.25, 0.3) is 0 Å². The Balaban J connectivity index is -0.00000000800. The number of rotatable bonds is 0. The van der Waals surface area contributed by atoms with Gasteiger partial charge in [-0.1, -0.05) is 0 Å². The molecule has 0 unspecified atom stereocenters. The van der Waals surface area contributed by atoms with Crippen molar-refractivity contribution in [2.45, 2.75) is 0 Å². The second-order valence-corrected chi connectivity index (χ2v) is 2.73. The van der Waals surface area contributed by atoms with E-state index < -0.39 is 58.6 Å². The molecular weight excluding hydrogens is 676 g/mol. The van der Waals surface area contributed by atoms with Crippen LogP contribution in [0.25, 0.3) is 0 Å². The van der Waals surface area contributed by atoms with Crippen molar-refractivity contribution >= 4 is 58.6 Å². The molecule has 0 aromatic heterocycles. The van der Waals surface area contributed by atoms with Gasteiger partial charge < -0.3 is 175 Å². The maximum absolute atomic E-state index is 8.53. The molecule has 0 aliphatic carbocycles. The van der Waals surface area contributed by atoms with Crippen LogP contribution in [0.5, 0.6) is 0 Å². The molecule has 42 N–H and O–H groups in total. The first-order valence-electron chi connectivity index (χ1n) is 6.15. The van der Waals surface area contributed by atoms with E-state index in [1.807, 2.05) is 0 Å². The summed E-state index contributed by atoms with van der Waals surface area (Å²) < 4.78 is 0. The molecule has 0 fully saturated rings. The van der Waals surface area contributed by atoms with Crippen molar-refractivity contribution in [2.24, 2.45) is 0 Å². The molecule has 0 aliphatic rings. The summed E-state index contributed by atoms with van der Waals surface area (Å²) in [5.41, 5.74) is 0. The monoisotopic (exact) mass is 720 g/mol. The summed E-state index contributed by atoms with van der Waals surface area (Å²) in [7, 11) is -17.8. The largest absolute Gasteiger partial charge is 1.00 e. The average Bonchev–Trinajstić information content (AvgIpc) is 2.30. The van der Waals surface area contributed by atoms with Crippen molar-refractivity contribution in [3.8, 4) is 0 Å². The minimum Gasteiger partial charge on any atom is -0.871 e. The minimum absolute atomic E-state index is 0. The zero-order valence-electron chi connectivity index (χ0n) is 22.3. The van der Waals surface area contributed by atoms with E-state index in [0.717, 1.165) is 0 Å². The van der Waals surface area contributed by atoms with Crippen LogP contribution < -0.4 is 69.2 Å². The van der Waals surface area contributed by atoms with E-state index >= 15 is 0 Å². The maximum Gasteiger partial charge on any atom is 1.00 e. The fourth-order valence-corrected chi connectivity index (χ4v) is 0. The molecule has 0 heterocycles. The molecule has 34 nitrogen and oxygen atoms in total. The smallest absolute Gasteiger partial charge is 0.871 e. The zero-order chi connectivity index (χ0) is 28.6. The SMILES string of the molecule is O.O.O.O.O.O.O.O.O.O.OB(O)O.OB(O)O.OB(O)O.OB(O)O.OB(O)O.OB(O)O.OB(O)O.[Na+].[Na+].[O-]B([O-])O. The Morgan fingerprint density at radius 2 is 0.205 bits per heavy atom. The molecule has 44 heteroatoms. The van der Waals surface area contributed by atoms with Gasteiger partial charge in [0.15, 0.2) is 0 Å². The van der Waals surface area contributed by atoms with Gasteiger partial charge in [-0.3, -0.25) is 0 Å². The van der Waals surface area contributed by atoms with Crippen LogP contribution in [-0.4, -0.2) is 224 Å². The van der Waals surface area contributed by atoms with Crippen LogP contribution in [0.4, 0.5) is 0 Å². The van der Waals surface area contributed by atoms with E-state index in [1.165, 1.54) is 0 Å². The molecule has 272 valence electrons. The third-order valence-corrected chi connectivity index (χ3v) is 0. The predicted molar refractivity (Wildman–Crippen MR) is 131 cm³/mol.